The SMILES string of the molecule is [2H]c1c([2H])c([2H])c2c(c1[2H])c1c([2H])c([2H])c([2H])c([2H])c1n2-c1ccc2c(c1)N(c1c(-c3ccccc3)cccc1-c1cc3c4ccccc4n4c5ccccc5c(c1)c34)c1cc(-c3ccc4c(c3)c3ccccc3n4-c3ccccc3)cc3c1B2c1ccc(-n2c4c([2H])c([2H])c([2H])c([2H])c4c4c([2H])c([2H])c([2H])c([2H])c42)cc1N3c1c(-c2ccccc2)cc(C(C)(C)C)cc1-c1cccc(-c2ccccc2)c1. The molecule has 0 amide bonds. The molecule has 0 N–H and O–H groups in total. The Labute approximate surface area is 746 Å². The van der Waals surface area contributed by atoms with Gasteiger partial charge in [-0.05, 0) is 205 Å². The standard InChI is InChI=1S/C118H79BN6/c1-118(2,3)82-70-95(76-36-12-6-13-37-76)116(96(71-82)79-39-30-38-77(64-79)74-32-8-4-9-33-74)125-111-73-85(122-104-53-25-18-44-90(104)91-45-19-26-54-105(91)122)60-62-101(111)119-100-61-59-84(121-102-51-23-16-42-88(102)89-43-17-24-52-103(89)121)72-110(100)124(112-68-80(69-113(125)114(112)119)78-58-63-109-97(65-78)92-46-20-27-55-106(92)120(109)83-40-14-7-15-41-83)115-86(75-34-10-5-11-35-75)49-31-50-87(115)81-66-98-93-47-21-28-56-107(93)123-108-57-29-22-48-94(108)99(67-81)117(98)123/h4-73H,1-3H3/i16D,17D,18D,19D,23D,24D,25D,26D,42D,43D,44D,45D,51D,52D,53D,54D. The van der Waals surface area contributed by atoms with Gasteiger partial charge in [0.1, 0.15) is 0 Å². The maximum absolute atomic E-state index is 10.1. The van der Waals surface area contributed by atoms with E-state index >= 15 is 0 Å². The van der Waals surface area contributed by atoms with Gasteiger partial charge in [-0.2, -0.15) is 0 Å². The molecule has 584 valence electrons. The van der Waals surface area contributed by atoms with Crippen molar-refractivity contribution in [3.05, 3.63) is 430 Å². The fraction of sp³-hybridized carbons (Fsp3) is 0.0339. The average molecular weight is 1610 g/mol. The smallest absolute Gasteiger partial charge is 0.252 e. The minimum absolute atomic E-state index is 0.0705. The third-order valence-electron chi connectivity index (χ3n) is 26.1. The van der Waals surface area contributed by atoms with Gasteiger partial charge in [-0.15, -0.1) is 0 Å². The lowest BCUT2D eigenvalue weighted by Gasteiger charge is -2.46. The second-order valence-corrected chi connectivity index (χ2v) is 33.8. The Morgan fingerprint density at radius 3 is 1.16 bits per heavy atom. The van der Waals surface area contributed by atoms with Crippen molar-refractivity contribution >= 4 is 161 Å². The summed E-state index contributed by atoms with van der Waals surface area (Å²) in [5, 5.41) is 5.78. The first kappa shape index (κ1) is 56.5. The number of fused-ring (bicyclic) bond motifs is 19. The molecule has 19 aromatic carbocycles. The summed E-state index contributed by atoms with van der Waals surface area (Å²) in [6.07, 6.45) is 0. The van der Waals surface area contributed by atoms with Gasteiger partial charge < -0.3 is 27.9 Å². The van der Waals surface area contributed by atoms with E-state index < -0.39 is 109 Å². The molecule has 24 aromatic rings. The zero-order chi connectivity index (χ0) is 96.4. The van der Waals surface area contributed by atoms with Gasteiger partial charge >= 0.3 is 0 Å². The molecule has 26 rings (SSSR count). The lowest BCUT2D eigenvalue weighted by atomic mass is 9.33. The normalized spacial score (nSPS) is 14.5. The van der Waals surface area contributed by atoms with Crippen LogP contribution < -0.4 is 26.2 Å². The van der Waals surface area contributed by atoms with Gasteiger partial charge in [0.15, 0.2) is 0 Å². The molecule has 5 aromatic heterocycles. The Balaban J connectivity index is 0.884. The summed E-state index contributed by atoms with van der Waals surface area (Å²) in [7, 11) is 0. The van der Waals surface area contributed by atoms with E-state index in [0.717, 1.165) is 155 Å². The van der Waals surface area contributed by atoms with E-state index in [1.165, 1.54) is 0 Å². The number of benzene rings is 19. The van der Waals surface area contributed by atoms with Crippen molar-refractivity contribution in [1.82, 2.24) is 18.1 Å². The summed E-state index contributed by atoms with van der Waals surface area (Å²) >= 11 is 0. The molecule has 0 aliphatic carbocycles. The highest BCUT2D eigenvalue weighted by Crippen LogP contribution is 2.57. The maximum atomic E-state index is 10.1. The molecular weight excluding hydrogens is 1510 g/mol. The molecule has 0 atom stereocenters. The van der Waals surface area contributed by atoms with Crippen LogP contribution in [0.4, 0.5) is 34.1 Å². The lowest BCUT2D eigenvalue weighted by molar-refractivity contribution is 0.591. The zero-order valence-corrected chi connectivity index (χ0v) is 67.9. The lowest BCUT2D eigenvalue weighted by Crippen LogP contribution is -2.61. The monoisotopic (exact) mass is 1610 g/mol. The highest BCUT2D eigenvalue weighted by molar-refractivity contribution is 7.00. The Morgan fingerprint density at radius 2 is 0.632 bits per heavy atom. The molecule has 2 aliphatic heterocycles. The van der Waals surface area contributed by atoms with Crippen molar-refractivity contribution in [2.24, 2.45) is 0 Å². The van der Waals surface area contributed by atoms with E-state index in [0.29, 0.717) is 33.7 Å². The first-order valence-electron chi connectivity index (χ1n) is 50.3. The largest absolute Gasteiger partial charge is 0.310 e. The van der Waals surface area contributed by atoms with E-state index in [2.05, 4.69) is 258 Å². The summed E-state index contributed by atoms with van der Waals surface area (Å²) in [5.74, 6) is 0. The van der Waals surface area contributed by atoms with Crippen molar-refractivity contribution in [3.63, 3.8) is 0 Å². The summed E-state index contributed by atoms with van der Waals surface area (Å²) in [6, 6.07) is 106. The predicted molar refractivity (Wildman–Crippen MR) is 529 cm³/mol. The van der Waals surface area contributed by atoms with Crippen LogP contribution in [0.15, 0.2) is 424 Å². The minimum Gasteiger partial charge on any atom is -0.310 e. The Hall–Kier alpha value is -16.0. The number of aromatic nitrogens is 4. The quantitative estimate of drug-likeness (QED) is 0.121. The van der Waals surface area contributed by atoms with Gasteiger partial charge in [-0.1, -0.05) is 312 Å². The van der Waals surface area contributed by atoms with Gasteiger partial charge in [0.25, 0.3) is 6.71 Å². The van der Waals surface area contributed by atoms with Crippen LogP contribution in [-0.2, 0) is 5.41 Å². The van der Waals surface area contributed by atoms with Crippen molar-refractivity contribution < 1.29 is 21.9 Å². The van der Waals surface area contributed by atoms with Gasteiger partial charge in [0, 0.05) is 116 Å². The van der Waals surface area contributed by atoms with Crippen LogP contribution in [0.2, 0.25) is 0 Å². The summed E-state index contributed by atoms with van der Waals surface area (Å²) < 4.78 is 163. The molecule has 0 saturated heterocycles. The highest BCUT2D eigenvalue weighted by atomic mass is 15.2. The topological polar surface area (TPSA) is 25.7 Å². The van der Waals surface area contributed by atoms with Crippen LogP contribution in [0.5, 0.6) is 0 Å². The molecular formula is C118H79BN6. The van der Waals surface area contributed by atoms with Crippen molar-refractivity contribution in [3.8, 4) is 83.8 Å². The average Bonchev–Trinajstić information content (AvgIpc) is 1.49. The van der Waals surface area contributed by atoms with Gasteiger partial charge in [0.2, 0.25) is 0 Å². The number of anilines is 6. The number of hydrogen-bond acceptors (Lipinski definition) is 2. The summed E-state index contributed by atoms with van der Waals surface area (Å²) in [6.45, 7) is 5.79. The predicted octanol–water partition coefficient (Wildman–Crippen LogP) is 29.5. The molecule has 7 heteroatoms. The highest BCUT2D eigenvalue weighted by Gasteiger charge is 2.46. The van der Waals surface area contributed by atoms with Crippen LogP contribution >= 0.6 is 0 Å². The second kappa shape index (κ2) is 27.3. The van der Waals surface area contributed by atoms with Gasteiger partial charge in [-0.25, -0.2) is 0 Å². The van der Waals surface area contributed by atoms with E-state index in [1.54, 1.807) is 9.13 Å². The fourth-order valence-electron chi connectivity index (χ4n) is 20.6. The third-order valence-corrected chi connectivity index (χ3v) is 26.1. The molecule has 0 saturated carbocycles. The first-order valence-corrected chi connectivity index (χ1v) is 42.3. The number of nitrogens with zero attached hydrogens (tertiary/aromatic N) is 6. The third kappa shape index (κ3) is 10.6. The Morgan fingerprint density at radius 1 is 0.240 bits per heavy atom. The van der Waals surface area contributed by atoms with Crippen molar-refractivity contribution in [1.29, 1.82) is 0 Å². The molecule has 0 spiro atoms. The molecule has 0 bridgehead atoms. The van der Waals surface area contributed by atoms with E-state index in [4.69, 9.17) is 0 Å². The van der Waals surface area contributed by atoms with E-state index in [-0.39, 0.29) is 55.0 Å². The van der Waals surface area contributed by atoms with E-state index in [1.807, 2.05) is 109 Å². The molecule has 6 nitrogen and oxygen atoms in total. The number of para-hydroxylation sites is 9. The second-order valence-electron chi connectivity index (χ2n) is 33.8. The molecule has 0 unspecified atom stereocenters. The Bertz CT molecular complexity index is 9410. The molecule has 0 fully saturated rings. The fourth-order valence-corrected chi connectivity index (χ4v) is 20.6. The number of rotatable bonds is 11. The zero-order valence-electron chi connectivity index (χ0n) is 83.9. The summed E-state index contributed by atoms with van der Waals surface area (Å²) in [5.41, 5.74) is 23.3. The van der Waals surface area contributed by atoms with Crippen LogP contribution in [-0.4, -0.2) is 24.8 Å². The van der Waals surface area contributed by atoms with Crippen LogP contribution in [0.3, 0.4) is 0 Å². The van der Waals surface area contributed by atoms with Crippen LogP contribution in [0.25, 0.3) is 187 Å². The van der Waals surface area contributed by atoms with Crippen molar-refractivity contribution in [2.75, 3.05) is 9.80 Å². The summed E-state index contributed by atoms with van der Waals surface area (Å²) in [4.78, 5) is 4.74. The molecule has 125 heavy (non-hydrogen) atoms. The Kier molecular flexibility index (Phi) is 12.3. The van der Waals surface area contributed by atoms with Gasteiger partial charge in [0.05, 0.1) is 83.0 Å². The van der Waals surface area contributed by atoms with E-state index in [9.17, 15) is 21.9 Å². The molecule has 0 radical (unpaired) electrons. The van der Waals surface area contributed by atoms with Gasteiger partial charge in [-0.3, -0.25) is 0 Å². The molecule has 2 aliphatic rings. The van der Waals surface area contributed by atoms with Crippen LogP contribution in [0, 0.1) is 0 Å². The van der Waals surface area contributed by atoms with Crippen LogP contribution in [0.1, 0.15) is 48.3 Å². The van der Waals surface area contributed by atoms with Crippen molar-refractivity contribution in [2.45, 2.75) is 26.2 Å². The molecule has 7 heterocycles. The maximum Gasteiger partial charge on any atom is 0.252 e. The number of hydrogen-bond donors (Lipinski definition) is 0. The minimum atomic E-state index is -0.873. The first-order chi connectivity index (χ1) is 68.3.